The number of hydrogen-bond donors (Lipinski definition) is 1. The van der Waals surface area contributed by atoms with Crippen LogP contribution in [0.25, 0.3) is 11.0 Å². The van der Waals surface area contributed by atoms with Crippen molar-refractivity contribution < 1.29 is 4.79 Å². The molecule has 30 heavy (non-hydrogen) atoms. The van der Waals surface area contributed by atoms with E-state index in [1.54, 1.807) is 10.9 Å². The molecule has 0 saturated carbocycles. The van der Waals surface area contributed by atoms with Crippen LogP contribution in [0.1, 0.15) is 28.3 Å². The second-order valence-electron chi connectivity index (χ2n) is 7.43. The Labute approximate surface area is 181 Å². The number of ketones is 1. The van der Waals surface area contributed by atoms with E-state index in [0.717, 1.165) is 33.0 Å². The molecule has 5 rings (SSSR count). The molecule has 1 N–H and O–H groups in total. The van der Waals surface area contributed by atoms with Gasteiger partial charge in [-0.25, -0.2) is 4.98 Å². The van der Waals surface area contributed by atoms with Crippen molar-refractivity contribution in [2.24, 2.45) is 7.05 Å². The van der Waals surface area contributed by atoms with Gasteiger partial charge in [-0.1, -0.05) is 28.1 Å². The van der Waals surface area contributed by atoms with Gasteiger partial charge in [0.05, 0.1) is 17.0 Å². The molecule has 1 aliphatic rings. The molecule has 0 aliphatic heterocycles. The zero-order chi connectivity index (χ0) is 20.7. The van der Waals surface area contributed by atoms with Crippen molar-refractivity contribution in [2.45, 2.75) is 18.8 Å². The first-order valence-electron chi connectivity index (χ1n) is 9.73. The molecule has 8 heteroatoms. The summed E-state index contributed by atoms with van der Waals surface area (Å²) < 4.78 is 2.66. The topological polar surface area (TPSA) is 85.6 Å². The first kappa shape index (κ1) is 18.9. The zero-order valence-electron chi connectivity index (χ0n) is 16.3. The first-order valence-corrected chi connectivity index (χ1v) is 10.5. The molecule has 1 unspecified atom stereocenters. The molecule has 1 atom stereocenters. The van der Waals surface area contributed by atoms with Crippen molar-refractivity contribution in [3.63, 3.8) is 0 Å². The molecule has 1 aliphatic carbocycles. The van der Waals surface area contributed by atoms with Gasteiger partial charge in [0.2, 0.25) is 5.95 Å². The Hall–Kier alpha value is -3.13. The van der Waals surface area contributed by atoms with Gasteiger partial charge in [0, 0.05) is 43.1 Å². The number of nitrogens with zero attached hydrogens (tertiary/aromatic N) is 5. The number of anilines is 1. The molecule has 0 radical (unpaired) electrons. The van der Waals surface area contributed by atoms with Crippen LogP contribution in [0.2, 0.25) is 0 Å². The van der Waals surface area contributed by atoms with Crippen molar-refractivity contribution >= 4 is 38.7 Å². The van der Waals surface area contributed by atoms with Crippen molar-refractivity contribution in [2.75, 3.05) is 11.9 Å². The van der Waals surface area contributed by atoms with Crippen LogP contribution < -0.4 is 5.32 Å². The van der Waals surface area contributed by atoms with Crippen LogP contribution in [-0.4, -0.2) is 37.1 Å². The lowest BCUT2D eigenvalue weighted by atomic mass is 9.95. The summed E-state index contributed by atoms with van der Waals surface area (Å²) in [7, 11) is 1.85. The molecular weight excluding hydrogens is 444 g/mol. The maximum atomic E-state index is 13.0. The summed E-state index contributed by atoms with van der Waals surface area (Å²) in [6.07, 6.45) is 6.71. The van der Waals surface area contributed by atoms with E-state index >= 15 is 0 Å². The van der Waals surface area contributed by atoms with Gasteiger partial charge in [0.1, 0.15) is 0 Å². The van der Waals surface area contributed by atoms with E-state index in [1.165, 1.54) is 0 Å². The van der Waals surface area contributed by atoms with E-state index in [1.807, 2.05) is 49.8 Å². The Morgan fingerprint density at radius 1 is 1.27 bits per heavy atom. The highest BCUT2D eigenvalue weighted by Gasteiger charge is 2.35. The molecule has 0 fully saturated rings. The number of hydrogen-bond acceptors (Lipinski definition) is 6. The van der Waals surface area contributed by atoms with Gasteiger partial charge in [0.25, 0.3) is 0 Å². The van der Waals surface area contributed by atoms with E-state index in [2.05, 4.69) is 36.3 Å². The molecule has 0 saturated heterocycles. The van der Waals surface area contributed by atoms with Gasteiger partial charge >= 0.3 is 0 Å². The summed E-state index contributed by atoms with van der Waals surface area (Å²) in [5.41, 5.74) is 4.48. The van der Waals surface area contributed by atoms with Crippen LogP contribution in [0.4, 0.5) is 5.95 Å². The number of nitrogens with one attached hydrogen (secondary N) is 1. The summed E-state index contributed by atoms with van der Waals surface area (Å²) in [6.45, 7) is 0.657. The van der Waals surface area contributed by atoms with E-state index in [-0.39, 0.29) is 5.78 Å². The number of fused-ring (bicyclic) bond motifs is 2. The van der Waals surface area contributed by atoms with Gasteiger partial charge in [-0.15, -0.1) is 0 Å². The van der Waals surface area contributed by atoms with Crippen molar-refractivity contribution in [1.82, 2.24) is 24.7 Å². The number of benzene rings is 1. The van der Waals surface area contributed by atoms with Crippen LogP contribution >= 0.6 is 15.9 Å². The van der Waals surface area contributed by atoms with Crippen LogP contribution in [0, 0.1) is 0 Å². The summed E-state index contributed by atoms with van der Waals surface area (Å²) >= 11 is 3.53. The molecule has 0 spiro atoms. The minimum atomic E-state index is -0.411. The van der Waals surface area contributed by atoms with Crippen LogP contribution in [-0.2, 0) is 24.7 Å². The van der Waals surface area contributed by atoms with Gasteiger partial charge < -0.3 is 5.32 Å². The summed E-state index contributed by atoms with van der Waals surface area (Å²) in [6, 6.07) is 9.95. The van der Waals surface area contributed by atoms with Crippen molar-refractivity contribution in [3.8, 4) is 0 Å². The van der Waals surface area contributed by atoms with Gasteiger partial charge in [-0.05, 0) is 41.3 Å². The van der Waals surface area contributed by atoms with E-state index in [9.17, 15) is 4.79 Å². The fourth-order valence-electron chi connectivity index (χ4n) is 3.96. The highest BCUT2D eigenvalue weighted by Crippen LogP contribution is 2.39. The predicted octanol–water partition coefficient (Wildman–Crippen LogP) is 3.43. The lowest BCUT2D eigenvalue weighted by Crippen LogP contribution is -2.14. The maximum Gasteiger partial charge on any atom is 0.225 e. The molecule has 7 nitrogen and oxygen atoms in total. The number of pyridine rings is 1. The Morgan fingerprint density at radius 3 is 3.00 bits per heavy atom. The lowest BCUT2D eigenvalue weighted by molar-refractivity contribution is -0.118. The zero-order valence-corrected chi connectivity index (χ0v) is 17.9. The number of carbonyl (C=O) groups excluding carboxylic acids is 1. The molecule has 3 heterocycles. The third-order valence-electron chi connectivity index (χ3n) is 5.32. The van der Waals surface area contributed by atoms with E-state index in [0.29, 0.717) is 30.3 Å². The van der Waals surface area contributed by atoms with Crippen molar-refractivity contribution in [3.05, 3.63) is 75.8 Å². The molecule has 0 bridgehead atoms. The minimum absolute atomic E-state index is 0.147. The molecule has 0 amide bonds. The molecule has 1 aromatic carbocycles. The highest BCUT2D eigenvalue weighted by molar-refractivity contribution is 9.10. The number of aryl methyl sites for hydroxylation is 1. The first-order chi connectivity index (χ1) is 14.6. The second kappa shape index (κ2) is 7.60. The summed E-state index contributed by atoms with van der Waals surface area (Å²) in [5, 5.41) is 8.56. The fourth-order valence-corrected chi connectivity index (χ4v) is 4.34. The van der Waals surface area contributed by atoms with Gasteiger partial charge in [0.15, 0.2) is 11.4 Å². The number of rotatable bonds is 5. The molecular formula is C22H19BrN6O. The van der Waals surface area contributed by atoms with E-state index < -0.39 is 5.92 Å². The average Bonchev–Trinajstić information content (AvgIpc) is 3.26. The highest BCUT2D eigenvalue weighted by atomic mass is 79.9. The molecule has 150 valence electrons. The Morgan fingerprint density at radius 2 is 2.17 bits per heavy atom. The SMILES string of the molecule is Cn1cc2c(C3C(=O)Cc4ccc(Br)cc43)nc(NCCc3cccnc3)nc2n1. The van der Waals surface area contributed by atoms with Gasteiger partial charge in [-0.3, -0.25) is 14.5 Å². The van der Waals surface area contributed by atoms with Crippen molar-refractivity contribution in [1.29, 1.82) is 0 Å². The van der Waals surface area contributed by atoms with Gasteiger partial charge in [-0.2, -0.15) is 10.1 Å². The number of aromatic nitrogens is 5. The van der Waals surface area contributed by atoms with Crippen LogP contribution in [0.3, 0.4) is 0 Å². The minimum Gasteiger partial charge on any atom is -0.354 e. The van der Waals surface area contributed by atoms with Crippen LogP contribution in [0.5, 0.6) is 0 Å². The van der Waals surface area contributed by atoms with Crippen LogP contribution in [0.15, 0.2) is 53.4 Å². The maximum absolute atomic E-state index is 13.0. The Balaban J connectivity index is 1.52. The fraction of sp³-hybridized carbons (Fsp3) is 0.227. The predicted molar refractivity (Wildman–Crippen MR) is 117 cm³/mol. The number of Topliss-reactive ketones (excluding diaryl/α,β-unsaturated/α-hetero) is 1. The number of halogens is 1. The Bertz CT molecular complexity index is 1250. The molecule has 4 aromatic rings. The van der Waals surface area contributed by atoms with E-state index in [4.69, 9.17) is 4.98 Å². The quantitative estimate of drug-likeness (QED) is 0.488. The summed E-state index contributed by atoms with van der Waals surface area (Å²) in [4.78, 5) is 26.5. The third-order valence-corrected chi connectivity index (χ3v) is 5.82. The monoisotopic (exact) mass is 462 g/mol. The summed E-state index contributed by atoms with van der Waals surface area (Å²) in [5.74, 6) is 0.218. The normalized spacial score (nSPS) is 15.5. The number of carbonyl (C=O) groups is 1. The Kier molecular flexibility index (Phi) is 4.78. The smallest absolute Gasteiger partial charge is 0.225 e. The lowest BCUT2D eigenvalue weighted by Gasteiger charge is -2.13. The average molecular weight is 463 g/mol. The third kappa shape index (κ3) is 3.47. The second-order valence-corrected chi connectivity index (χ2v) is 8.35. The standard InChI is InChI=1S/C22H19BrN6O/c1-29-12-17-20(19-16-10-15(23)5-4-14(16)9-18(19)30)26-22(27-21(17)28-29)25-8-6-13-3-2-7-24-11-13/h2-5,7,10-12,19H,6,8-9H2,1H3,(H,25,27,28). The largest absolute Gasteiger partial charge is 0.354 e. The molecule has 3 aromatic heterocycles.